The molecule has 6 heterocycles. The number of hydrogen-bond donors (Lipinski definition) is 0. The monoisotopic (exact) mass is 472 g/mol. The number of nitrogens with zero attached hydrogens (tertiary/aromatic N) is 2. The van der Waals surface area contributed by atoms with Crippen molar-refractivity contribution in [3.63, 3.8) is 0 Å². The summed E-state index contributed by atoms with van der Waals surface area (Å²) in [5.41, 5.74) is 5.31. The predicted octanol–water partition coefficient (Wildman–Crippen LogP) is 6.80. The smallest absolute Gasteiger partial charge is 0.425 e. The number of furan rings is 1. The van der Waals surface area contributed by atoms with E-state index in [9.17, 15) is 0 Å². The number of benzene rings is 5. The van der Waals surface area contributed by atoms with Crippen molar-refractivity contribution in [2.45, 2.75) is 5.66 Å². The van der Waals surface area contributed by atoms with Crippen LogP contribution in [0.25, 0.3) is 65.1 Å². The Morgan fingerprint density at radius 3 is 1.84 bits per heavy atom. The molecule has 0 radical (unpaired) electrons. The van der Waals surface area contributed by atoms with Crippen LogP contribution < -0.4 is 13.9 Å². The fourth-order valence-electron chi connectivity index (χ4n) is 7.96. The third kappa shape index (κ3) is 1.55. The lowest BCUT2D eigenvalue weighted by atomic mass is 9.85. The minimum absolute atomic E-state index is 0.568. The fraction of sp³-hybridized carbons (Fsp3) is 0.0303. The van der Waals surface area contributed by atoms with Gasteiger partial charge in [0, 0.05) is 22.9 Å². The molecule has 0 fully saturated rings. The highest BCUT2D eigenvalue weighted by Crippen LogP contribution is 2.58. The Morgan fingerprint density at radius 2 is 1.11 bits per heavy atom. The lowest BCUT2D eigenvalue weighted by Crippen LogP contribution is -2.72. The van der Waals surface area contributed by atoms with Crippen molar-refractivity contribution in [1.82, 2.24) is 0 Å². The maximum Gasteiger partial charge on any atom is 0.425 e. The zero-order valence-corrected chi connectivity index (χ0v) is 19.4. The summed E-state index contributed by atoms with van der Waals surface area (Å²) in [6.07, 6.45) is 6.32. The molecule has 0 aliphatic carbocycles. The third-order valence-electron chi connectivity index (χ3n) is 9.12. The van der Waals surface area contributed by atoms with Gasteiger partial charge in [-0.15, -0.1) is 9.13 Å². The van der Waals surface area contributed by atoms with Crippen LogP contribution in [0.15, 0.2) is 102 Å². The molecule has 4 heteroatoms. The number of fused-ring (bicyclic) bond motifs is 6. The fourth-order valence-corrected chi connectivity index (χ4v) is 7.96. The van der Waals surface area contributed by atoms with E-state index in [1.165, 1.54) is 59.9 Å². The molecule has 0 saturated carbocycles. The quantitative estimate of drug-likeness (QED) is 0.179. The van der Waals surface area contributed by atoms with Gasteiger partial charge in [0.2, 0.25) is 11.0 Å². The Bertz CT molecular complexity index is 2450. The molecule has 3 aromatic heterocycles. The van der Waals surface area contributed by atoms with Gasteiger partial charge < -0.3 is 9.15 Å². The van der Waals surface area contributed by atoms with Gasteiger partial charge in [-0.3, -0.25) is 0 Å². The first-order chi connectivity index (χ1) is 18.4. The van der Waals surface area contributed by atoms with Crippen molar-refractivity contribution in [3.8, 4) is 11.5 Å². The van der Waals surface area contributed by atoms with Crippen LogP contribution in [0.1, 0.15) is 11.1 Å². The molecule has 1 spiro atoms. The van der Waals surface area contributed by atoms with Crippen molar-refractivity contribution in [1.29, 1.82) is 0 Å². The third-order valence-corrected chi connectivity index (χ3v) is 9.12. The first-order valence-electron chi connectivity index (χ1n) is 12.7. The van der Waals surface area contributed by atoms with Crippen LogP contribution >= 0.6 is 0 Å². The number of pyridine rings is 2. The van der Waals surface area contributed by atoms with Crippen LogP contribution in [0.2, 0.25) is 0 Å². The molecule has 1 unspecified atom stereocenters. The van der Waals surface area contributed by atoms with E-state index in [1.54, 1.807) is 6.26 Å². The molecule has 0 amide bonds. The van der Waals surface area contributed by atoms with E-state index in [-0.39, 0.29) is 0 Å². The summed E-state index contributed by atoms with van der Waals surface area (Å²) in [5.74, 6) is 1.85. The van der Waals surface area contributed by atoms with E-state index < -0.39 is 5.66 Å². The summed E-state index contributed by atoms with van der Waals surface area (Å²) in [6, 6.07) is 28.5. The summed E-state index contributed by atoms with van der Waals surface area (Å²) in [6.45, 7) is 0. The number of rotatable bonds is 0. The maximum atomic E-state index is 6.76. The number of ether oxygens (including phenoxy) is 1. The standard InChI is InChI=1S/C33H16N2O2/c1-2-6-18-17(5-1)19-9-11-24-28-26(19)30-20(18)7-3-14-34(30)33(28)29-25(37-24)12-10-23-27(29)31-21(8-4-15-35(31)33)22-13-16-36-32(22)23/h1-16H/q+2. The Kier molecular flexibility index (Phi) is 2.48. The normalized spacial score (nSPS) is 18.1. The zero-order valence-electron chi connectivity index (χ0n) is 19.4. The van der Waals surface area contributed by atoms with Gasteiger partial charge in [-0.05, 0) is 58.6 Å². The van der Waals surface area contributed by atoms with Gasteiger partial charge >= 0.3 is 5.66 Å². The minimum Gasteiger partial charge on any atom is -0.464 e. The highest BCUT2D eigenvalue weighted by molar-refractivity contribution is 6.27. The lowest BCUT2D eigenvalue weighted by Gasteiger charge is -2.26. The lowest BCUT2D eigenvalue weighted by molar-refractivity contribution is -0.945. The van der Waals surface area contributed by atoms with Gasteiger partial charge in [0.15, 0.2) is 23.5 Å². The highest BCUT2D eigenvalue weighted by Gasteiger charge is 2.69. The molecule has 3 aliphatic rings. The molecule has 3 aliphatic heterocycles. The van der Waals surface area contributed by atoms with Gasteiger partial charge in [-0.25, -0.2) is 0 Å². The van der Waals surface area contributed by atoms with Crippen LogP contribution in [0.5, 0.6) is 11.5 Å². The molecule has 11 rings (SSSR count). The van der Waals surface area contributed by atoms with E-state index >= 15 is 0 Å². The van der Waals surface area contributed by atoms with Gasteiger partial charge in [0.05, 0.1) is 27.8 Å². The van der Waals surface area contributed by atoms with Crippen molar-refractivity contribution in [3.05, 3.63) is 109 Å². The van der Waals surface area contributed by atoms with E-state index in [2.05, 4.69) is 100 Å². The van der Waals surface area contributed by atoms with E-state index in [1.807, 2.05) is 0 Å². The zero-order chi connectivity index (χ0) is 23.6. The molecule has 1 atom stereocenters. The van der Waals surface area contributed by atoms with Gasteiger partial charge in [0.1, 0.15) is 17.1 Å². The average molecular weight is 473 g/mol. The van der Waals surface area contributed by atoms with Crippen molar-refractivity contribution in [2.24, 2.45) is 0 Å². The maximum absolute atomic E-state index is 6.76. The first-order valence-corrected chi connectivity index (χ1v) is 12.7. The van der Waals surface area contributed by atoms with Crippen LogP contribution in [-0.4, -0.2) is 0 Å². The molecule has 4 nitrogen and oxygen atoms in total. The van der Waals surface area contributed by atoms with Crippen LogP contribution in [0.4, 0.5) is 0 Å². The molecule has 37 heavy (non-hydrogen) atoms. The SMILES string of the molecule is c1ccc2c(c1)c1ccc3c4c1c1c2ccc[n+]1C41c2c(ccc4c5occc5c5ccc[n+]1c5c24)O3. The molecule has 8 aromatic rings. The van der Waals surface area contributed by atoms with E-state index in [0.29, 0.717) is 0 Å². The van der Waals surface area contributed by atoms with Crippen LogP contribution in [0, 0.1) is 0 Å². The number of aromatic nitrogens is 2. The summed E-state index contributed by atoms with van der Waals surface area (Å²) in [7, 11) is 0. The Labute approximate surface area is 209 Å². The van der Waals surface area contributed by atoms with Gasteiger partial charge in [0.25, 0.3) is 0 Å². The molecule has 0 bridgehead atoms. The molecular weight excluding hydrogens is 456 g/mol. The minimum atomic E-state index is -0.568. The number of hydrogen-bond acceptors (Lipinski definition) is 2. The van der Waals surface area contributed by atoms with E-state index in [4.69, 9.17) is 9.15 Å². The Morgan fingerprint density at radius 1 is 0.514 bits per heavy atom. The summed E-state index contributed by atoms with van der Waals surface area (Å²) >= 11 is 0. The molecule has 5 aromatic carbocycles. The molecule has 0 N–H and O–H groups in total. The second-order valence-corrected chi connectivity index (χ2v) is 10.5. The Hall–Kier alpha value is -4.96. The molecule has 0 saturated heterocycles. The molecule has 168 valence electrons. The van der Waals surface area contributed by atoms with Gasteiger partial charge in [-0.2, -0.15) is 0 Å². The highest BCUT2D eigenvalue weighted by atomic mass is 16.5. The second kappa shape index (κ2) is 5.25. The Balaban J connectivity index is 1.52. The average Bonchev–Trinajstić information content (AvgIpc) is 3.65. The van der Waals surface area contributed by atoms with Gasteiger partial charge in [-0.1, -0.05) is 24.3 Å². The summed E-state index contributed by atoms with van der Waals surface area (Å²) in [5, 5.41) is 11.1. The van der Waals surface area contributed by atoms with Crippen molar-refractivity contribution < 1.29 is 18.3 Å². The first kappa shape index (κ1) is 17.5. The second-order valence-electron chi connectivity index (χ2n) is 10.5. The summed E-state index contributed by atoms with van der Waals surface area (Å²) < 4.78 is 17.9. The molecular formula is C33H16N2O2+2. The topological polar surface area (TPSA) is 30.1 Å². The largest absolute Gasteiger partial charge is 0.464 e. The van der Waals surface area contributed by atoms with Crippen molar-refractivity contribution >= 4 is 65.1 Å². The van der Waals surface area contributed by atoms with Crippen LogP contribution in [-0.2, 0) is 5.66 Å². The van der Waals surface area contributed by atoms with E-state index in [0.717, 1.165) is 27.9 Å². The predicted molar refractivity (Wildman–Crippen MR) is 142 cm³/mol. The van der Waals surface area contributed by atoms with Crippen molar-refractivity contribution in [2.75, 3.05) is 0 Å². The summed E-state index contributed by atoms with van der Waals surface area (Å²) in [4.78, 5) is 0. The van der Waals surface area contributed by atoms with Crippen LogP contribution in [0.3, 0.4) is 0 Å².